The van der Waals surface area contributed by atoms with E-state index >= 15 is 0 Å². The molecule has 5 rings (SSSR count). The number of fused-ring (bicyclic) bond motifs is 1. The second kappa shape index (κ2) is 7.86. The van der Waals surface area contributed by atoms with Crippen LogP contribution in [0.15, 0.2) is 48.5 Å². The van der Waals surface area contributed by atoms with Gasteiger partial charge in [-0.05, 0) is 43.5 Å². The predicted molar refractivity (Wildman–Crippen MR) is 122 cm³/mol. The van der Waals surface area contributed by atoms with Crippen LogP contribution in [0, 0.1) is 6.92 Å². The van der Waals surface area contributed by atoms with Crippen molar-refractivity contribution in [3.8, 4) is 0 Å². The van der Waals surface area contributed by atoms with E-state index in [0.717, 1.165) is 47.8 Å². The minimum Gasteiger partial charge on any atom is -0.368 e. The largest absolute Gasteiger partial charge is 0.368 e. The molecule has 0 saturated carbocycles. The first-order chi connectivity index (χ1) is 15.0. The van der Waals surface area contributed by atoms with Gasteiger partial charge in [-0.25, -0.2) is 0 Å². The van der Waals surface area contributed by atoms with Crippen LogP contribution in [0.4, 0.5) is 5.69 Å². The van der Waals surface area contributed by atoms with E-state index in [1.165, 1.54) is 0 Å². The van der Waals surface area contributed by atoms with Gasteiger partial charge in [0, 0.05) is 55.9 Å². The molecule has 2 aromatic carbocycles. The van der Waals surface area contributed by atoms with Crippen molar-refractivity contribution in [3.05, 3.63) is 64.7 Å². The zero-order valence-electron chi connectivity index (χ0n) is 17.9. The number of carbonyl (C=O) groups is 2. The van der Waals surface area contributed by atoms with Crippen LogP contribution in [0.1, 0.15) is 30.4 Å². The molecule has 2 amide bonds. The standard InChI is InChI=1S/C25H28ClN3O2/c1-18-4-2-5-19(14-18)25(16-22-8-9-23(30)29(22)17-25)24(31)28-12-10-27(11-13-28)21-7-3-6-20(26)15-21/h2-7,14-15,22H,8-13,16-17H2,1H3. The van der Waals surface area contributed by atoms with Crippen LogP contribution >= 0.6 is 11.6 Å². The van der Waals surface area contributed by atoms with E-state index in [1.54, 1.807) is 0 Å². The first-order valence-corrected chi connectivity index (χ1v) is 11.5. The van der Waals surface area contributed by atoms with Crippen LogP contribution in [-0.2, 0) is 15.0 Å². The second-order valence-electron chi connectivity index (χ2n) is 9.13. The molecular formula is C25H28ClN3O2. The molecule has 3 heterocycles. The van der Waals surface area contributed by atoms with E-state index in [4.69, 9.17) is 11.6 Å². The molecule has 0 bridgehead atoms. The van der Waals surface area contributed by atoms with Gasteiger partial charge in [-0.15, -0.1) is 0 Å². The number of rotatable bonds is 3. The van der Waals surface area contributed by atoms with Crippen molar-refractivity contribution in [2.75, 3.05) is 37.6 Å². The number of carbonyl (C=O) groups excluding carboxylic acids is 2. The van der Waals surface area contributed by atoms with Crippen LogP contribution in [0.25, 0.3) is 0 Å². The van der Waals surface area contributed by atoms with Gasteiger partial charge in [0.15, 0.2) is 0 Å². The Morgan fingerprint density at radius 3 is 2.55 bits per heavy atom. The van der Waals surface area contributed by atoms with E-state index in [-0.39, 0.29) is 17.9 Å². The van der Waals surface area contributed by atoms with Crippen LogP contribution in [0.3, 0.4) is 0 Å². The molecule has 2 aromatic rings. The number of halogens is 1. The monoisotopic (exact) mass is 437 g/mol. The Hall–Kier alpha value is -2.53. The van der Waals surface area contributed by atoms with Gasteiger partial charge in [-0.3, -0.25) is 9.59 Å². The van der Waals surface area contributed by atoms with Crippen LogP contribution in [-0.4, -0.2) is 60.4 Å². The van der Waals surface area contributed by atoms with Gasteiger partial charge in [0.25, 0.3) is 0 Å². The number of benzene rings is 2. The highest BCUT2D eigenvalue weighted by Gasteiger charge is 2.55. The fourth-order valence-corrected chi connectivity index (χ4v) is 5.74. The molecule has 3 fully saturated rings. The Bertz CT molecular complexity index is 1020. The molecule has 3 aliphatic rings. The molecule has 3 saturated heterocycles. The van der Waals surface area contributed by atoms with Crippen molar-refractivity contribution < 1.29 is 9.59 Å². The Kier molecular flexibility index (Phi) is 5.17. The van der Waals surface area contributed by atoms with Crippen molar-refractivity contribution >= 4 is 29.1 Å². The number of hydrogen-bond acceptors (Lipinski definition) is 3. The highest BCUT2D eigenvalue weighted by atomic mass is 35.5. The summed E-state index contributed by atoms with van der Waals surface area (Å²) >= 11 is 6.16. The third kappa shape index (κ3) is 3.59. The van der Waals surface area contributed by atoms with E-state index < -0.39 is 5.41 Å². The summed E-state index contributed by atoms with van der Waals surface area (Å²) in [5.74, 6) is 0.365. The molecule has 0 aliphatic carbocycles. The van der Waals surface area contributed by atoms with Gasteiger partial charge < -0.3 is 14.7 Å². The molecular weight excluding hydrogens is 410 g/mol. The van der Waals surface area contributed by atoms with Crippen molar-refractivity contribution in [2.24, 2.45) is 0 Å². The second-order valence-corrected chi connectivity index (χ2v) is 9.57. The molecule has 5 nitrogen and oxygen atoms in total. The molecule has 6 heteroatoms. The summed E-state index contributed by atoms with van der Waals surface area (Å²) in [7, 11) is 0. The lowest BCUT2D eigenvalue weighted by atomic mass is 9.76. The van der Waals surface area contributed by atoms with E-state index in [9.17, 15) is 9.59 Å². The van der Waals surface area contributed by atoms with Gasteiger partial charge in [-0.2, -0.15) is 0 Å². The number of aryl methyl sites for hydroxylation is 1. The maximum atomic E-state index is 14.0. The van der Waals surface area contributed by atoms with Gasteiger partial charge in [0.1, 0.15) is 0 Å². The SMILES string of the molecule is Cc1cccc(C2(C(=O)N3CCN(c4cccc(Cl)c4)CC3)CC3CCC(=O)N3C2)c1. The number of piperazine rings is 1. The number of anilines is 1. The maximum absolute atomic E-state index is 14.0. The fraction of sp³-hybridized carbons (Fsp3) is 0.440. The zero-order chi connectivity index (χ0) is 21.6. The third-order valence-corrected chi connectivity index (χ3v) is 7.43. The summed E-state index contributed by atoms with van der Waals surface area (Å²) in [5, 5.41) is 0.727. The summed E-state index contributed by atoms with van der Waals surface area (Å²) in [5.41, 5.74) is 2.66. The molecule has 0 aromatic heterocycles. The number of hydrogen-bond donors (Lipinski definition) is 0. The van der Waals surface area contributed by atoms with Crippen LogP contribution < -0.4 is 4.90 Å². The van der Waals surface area contributed by atoms with E-state index in [2.05, 4.69) is 36.1 Å². The first-order valence-electron chi connectivity index (χ1n) is 11.1. The molecule has 2 atom stereocenters. The molecule has 3 aliphatic heterocycles. The highest BCUT2D eigenvalue weighted by Crippen LogP contribution is 2.44. The Morgan fingerprint density at radius 1 is 1.06 bits per heavy atom. The lowest BCUT2D eigenvalue weighted by molar-refractivity contribution is -0.138. The average Bonchev–Trinajstić information content (AvgIpc) is 3.33. The van der Waals surface area contributed by atoms with Gasteiger partial charge in [0.05, 0.1) is 5.41 Å². The smallest absolute Gasteiger partial charge is 0.235 e. The Labute approximate surface area is 188 Å². The third-order valence-electron chi connectivity index (χ3n) is 7.20. The number of amides is 2. The van der Waals surface area contributed by atoms with Crippen molar-refractivity contribution in [1.29, 1.82) is 0 Å². The normalized spacial score (nSPS) is 25.8. The summed E-state index contributed by atoms with van der Waals surface area (Å²) in [6.45, 7) is 5.49. The van der Waals surface area contributed by atoms with Crippen LogP contribution in [0.5, 0.6) is 0 Å². The maximum Gasteiger partial charge on any atom is 0.235 e. The highest BCUT2D eigenvalue weighted by molar-refractivity contribution is 6.30. The molecule has 0 radical (unpaired) electrons. The molecule has 162 valence electrons. The molecule has 2 unspecified atom stereocenters. The minimum absolute atomic E-state index is 0.172. The van der Waals surface area contributed by atoms with E-state index in [1.807, 2.05) is 34.1 Å². The number of nitrogens with zero attached hydrogens (tertiary/aromatic N) is 3. The predicted octanol–water partition coefficient (Wildman–Crippen LogP) is 3.63. The van der Waals surface area contributed by atoms with Crippen LogP contribution in [0.2, 0.25) is 5.02 Å². The Morgan fingerprint density at radius 2 is 1.84 bits per heavy atom. The lowest BCUT2D eigenvalue weighted by Crippen LogP contribution is -2.55. The van der Waals surface area contributed by atoms with Gasteiger partial charge in [0.2, 0.25) is 11.8 Å². The fourth-order valence-electron chi connectivity index (χ4n) is 5.55. The quantitative estimate of drug-likeness (QED) is 0.736. The summed E-state index contributed by atoms with van der Waals surface area (Å²) < 4.78 is 0. The summed E-state index contributed by atoms with van der Waals surface area (Å²) in [6.07, 6.45) is 2.21. The van der Waals surface area contributed by atoms with Crippen molar-refractivity contribution in [3.63, 3.8) is 0 Å². The zero-order valence-corrected chi connectivity index (χ0v) is 18.6. The van der Waals surface area contributed by atoms with Gasteiger partial charge in [-0.1, -0.05) is 47.5 Å². The summed E-state index contributed by atoms with van der Waals surface area (Å²) in [4.78, 5) is 32.7. The first kappa shape index (κ1) is 20.4. The van der Waals surface area contributed by atoms with Gasteiger partial charge >= 0.3 is 0 Å². The molecule has 31 heavy (non-hydrogen) atoms. The van der Waals surface area contributed by atoms with Crippen molar-refractivity contribution in [1.82, 2.24) is 9.80 Å². The Balaban J connectivity index is 1.39. The summed E-state index contributed by atoms with van der Waals surface area (Å²) in [6, 6.07) is 16.4. The van der Waals surface area contributed by atoms with E-state index in [0.29, 0.717) is 26.1 Å². The molecule has 0 N–H and O–H groups in total. The lowest BCUT2D eigenvalue weighted by Gasteiger charge is -2.41. The topological polar surface area (TPSA) is 43.9 Å². The van der Waals surface area contributed by atoms with Crippen molar-refractivity contribution in [2.45, 2.75) is 37.6 Å². The molecule has 0 spiro atoms. The minimum atomic E-state index is -0.634. The average molecular weight is 438 g/mol.